The van der Waals surface area contributed by atoms with E-state index >= 15 is 0 Å². The average Bonchev–Trinajstić information content (AvgIpc) is 2.33. The third-order valence-corrected chi connectivity index (χ3v) is 3.58. The smallest absolute Gasteiger partial charge is 0.416 e. The van der Waals surface area contributed by atoms with E-state index in [4.69, 9.17) is 5.11 Å². The lowest BCUT2D eigenvalue weighted by atomic mass is 10.00. The van der Waals surface area contributed by atoms with E-state index in [0.717, 1.165) is 23.9 Å². The van der Waals surface area contributed by atoms with E-state index in [1.54, 1.807) is 0 Å². The highest BCUT2D eigenvalue weighted by Crippen LogP contribution is 2.29. The fourth-order valence-corrected chi connectivity index (χ4v) is 2.25. The largest absolute Gasteiger partial charge is 0.481 e. The van der Waals surface area contributed by atoms with Crippen LogP contribution in [0.2, 0.25) is 0 Å². The van der Waals surface area contributed by atoms with Gasteiger partial charge in [0.2, 0.25) is 0 Å². The van der Waals surface area contributed by atoms with Crippen molar-refractivity contribution >= 4 is 22.8 Å². The maximum atomic E-state index is 12.4. The first-order chi connectivity index (χ1) is 9.20. The van der Waals surface area contributed by atoms with E-state index in [1.165, 1.54) is 19.1 Å². The van der Waals surface area contributed by atoms with Crippen LogP contribution in [0.3, 0.4) is 0 Å². The quantitative estimate of drug-likeness (QED) is 0.907. The third kappa shape index (κ3) is 5.24. The number of benzene rings is 1. The second-order valence-corrected chi connectivity index (χ2v) is 5.43. The Morgan fingerprint density at radius 3 is 2.20 bits per heavy atom. The molecule has 0 aliphatic carbocycles. The van der Waals surface area contributed by atoms with Crippen molar-refractivity contribution in [2.75, 3.05) is 5.75 Å². The predicted octanol–water partition coefficient (Wildman–Crippen LogP) is 3.23. The van der Waals surface area contributed by atoms with Crippen molar-refractivity contribution in [2.24, 2.45) is 5.92 Å². The topological polar surface area (TPSA) is 54.4 Å². The van der Waals surface area contributed by atoms with Crippen LogP contribution in [0.1, 0.15) is 18.1 Å². The molecule has 1 atom stereocenters. The summed E-state index contributed by atoms with van der Waals surface area (Å²) in [7, 11) is 0. The van der Waals surface area contributed by atoms with Crippen molar-refractivity contribution in [1.82, 2.24) is 0 Å². The molecule has 1 aromatic carbocycles. The minimum absolute atomic E-state index is 0.0910. The highest BCUT2D eigenvalue weighted by atomic mass is 32.2. The molecule has 3 nitrogen and oxygen atoms in total. The van der Waals surface area contributed by atoms with Crippen molar-refractivity contribution in [3.8, 4) is 0 Å². The Labute approximate surface area is 118 Å². The molecule has 0 aromatic heterocycles. The van der Waals surface area contributed by atoms with E-state index in [1.807, 2.05) is 0 Å². The van der Waals surface area contributed by atoms with Gasteiger partial charge in [-0.15, -0.1) is 0 Å². The lowest BCUT2D eigenvalue weighted by Gasteiger charge is -2.12. The van der Waals surface area contributed by atoms with Crippen LogP contribution in [0.25, 0.3) is 0 Å². The Bertz CT molecular complexity index is 483. The van der Waals surface area contributed by atoms with Crippen LogP contribution >= 0.6 is 11.8 Å². The fraction of sp³-hybridized carbons (Fsp3) is 0.385. The number of hydrogen-bond acceptors (Lipinski definition) is 3. The van der Waals surface area contributed by atoms with Gasteiger partial charge in [0.15, 0.2) is 5.12 Å². The van der Waals surface area contributed by atoms with Crippen LogP contribution in [0.5, 0.6) is 0 Å². The lowest BCUT2D eigenvalue weighted by Crippen LogP contribution is -2.19. The number of alkyl halides is 3. The molecular weight excluding hydrogens is 293 g/mol. The molecule has 0 unspecified atom stereocenters. The van der Waals surface area contributed by atoms with Crippen LogP contribution < -0.4 is 0 Å². The van der Waals surface area contributed by atoms with Crippen molar-refractivity contribution in [3.63, 3.8) is 0 Å². The Morgan fingerprint density at radius 2 is 1.80 bits per heavy atom. The molecule has 1 rings (SSSR count). The number of halogens is 3. The van der Waals surface area contributed by atoms with Crippen LogP contribution in [-0.2, 0) is 22.2 Å². The summed E-state index contributed by atoms with van der Waals surface area (Å²) in [4.78, 5) is 21.9. The standard InChI is InChI=1S/C13H13F3O3S/c1-8(17)20-7-10(12(18)19)6-9-2-4-11(5-3-9)13(14,15)16/h2-5,10H,6-7H2,1H3,(H,18,19)/t10-/m1/s1. The average molecular weight is 306 g/mol. The van der Waals surface area contributed by atoms with Gasteiger partial charge in [-0.05, 0) is 24.1 Å². The van der Waals surface area contributed by atoms with Crippen molar-refractivity contribution in [1.29, 1.82) is 0 Å². The summed E-state index contributed by atoms with van der Waals surface area (Å²) in [6.07, 6.45) is -4.32. The Kier molecular flexibility index (Phi) is 5.62. The second-order valence-electron chi connectivity index (χ2n) is 4.24. The van der Waals surface area contributed by atoms with Crippen molar-refractivity contribution in [3.05, 3.63) is 35.4 Å². The molecule has 0 saturated heterocycles. The minimum atomic E-state index is -4.41. The molecular formula is C13H13F3O3S. The molecule has 20 heavy (non-hydrogen) atoms. The summed E-state index contributed by atoms with van der Waals surface area (Å²) in [5.74, 6) is -1.77. The highest BCUT2D eigenvalue weighted by Gasteiger charge is 2.30. The fourth-order valence-electron chi connectivity index (χ4n) is 1.55. The zero-order valence-electron chi connectivity index (χ0n) is 10.6. The van der Waals surface area contributed by atoms with Crippen molar-refractivity contribution < 1.29 is 27.9 Å². The molecule has 0 aliphatic rings. The Morgan fingerprint density at radius 1 is 1.25 bits per heavy atom. The van der Waals surface area contributed by atoms with Gasteiger partial charge < -0.3 is 5.11 Å². The van der Waals surface area contributed by atoms with E-state index in [9.17, 15) is 22.8 Å². The van der Waals surface area contributed by atoms with Gasteiger partial charge in [0.25, 0.3) is 0 Å². The van der Waals surface area contributed by atoms with E-state index in [2.05, 4.69) is 0 Å². The van der Waals surface area contributed by atoms with Gasteiger partial charge >= 0.3 is 12.1 Å². The summed E-state index contributed by atoms with van der Waals surface area (Å²) in [5, 5.41) is 8.84. The predicted molar refractivity (Wildman–Crippen MR) is 69.4 cm³/mol. The van der Waals surface area contributed by atoms with Crippen LogP contribution in [0.15, 0.2) is 24.3 Å². The van der Waals surface area contributed by atoms with Gasteiger partial charge in [-0.2, -0.15) is 13.2 Å². The van der Waals surface area contributed by atoms with E-state index in [-0.39, 0.29) is 17.3 Å². The molecule has 0 aliphatic heterocycles. The number of thioether (sulfide) groups is 1. The number of carboxylic acid groups (broad SMARTS) is 1. The minimum Gasteiger partial charge on any atom is -0.481 e. The molecule has 1 N–H and O–H groups in total. The number of carbonyl (C=O) groups excluding carboxylic acids is 1. The van der Waals surface area contributed by atoms with Gasteiger partial charge in [-0.1, -0.05) is 23.9 Å². The first-order valence-corrected chi connectivity index (χ1v) is 6.71. The zero-order chi connectivity index (χ0) is 15.3. The molecule has 0 heterocycles. The highest BCUT2D eigenvalue weighted by molar-refractivity contribution is 8.13. The van der Waals surface area contributed by atoms with E-state index in [0.29, 0.717) is 5.56 Å². The number of rotatable bonds is 5. The molecule has 0 spiro atoms. The molecule has 0 saturated carbocycles. The molecule has 0 radical (unpaired) electrons. The first kappa shape index (κ1) is 16.6. The van der Waals surface area contributed by atoms with Gasteiger partial charge in [0, 0.05) is 12.7 Å². The van der Waals surface area contributed by atoms with Crippen LogP contribution in [0, 0.1) is 5.92 Å². The number of carbonyl (C=O) groups is 2. The molecule has 0 bridgehead atoms. The summed E-state index contributed by atoms with van der Waals surface area (Å²) in [6, 6.07) is 4.37. The summed E-state index contributed by atoms with van der Waals surface area (Å²) >= 11 is 0.895. The van der Waals surface area contributed by atoms with Crippen molar-refractivity contribution in [2.45, 2.75) is 19.5 Å². The van der Waals surface area contributed by atoms with Crippen LogP contribution in [-0.4, -0.2) is 21.9 Å². The second kappa shape index (κ2) is 6.78. The zero-order valence-corrected chi connectivity index (χ0v) is 11.4. The van der Waals surface area contributed by atoms with E-state index < -0.39 is 23.6 Å². The van der Waals surface area contributed by atoms with Gasteiger partial charge in [-0.3, -0.25) is 9.59 Å². The normalized spacial score (nSPS) is 13.0. The monoisotopic (exact) mass is 306 g/mol. The molecule has 0 amide bonds. The molecule has 1 aromatic rings. The number of carboxylic acids is 1. The maximum absolute atomic E-state index is 12.4. The summed E-state index contributed by atoms with van der Waals surface area (Å²) in [5.41, 5.74) is -0.277. The summed E-state index contributed by atoms with van der Waals surface area (Å²) in [6.45, 7) is 1.34. The lowest BCUT2D eigenvalue weighted by molar-refractivity contribution is -0.141. The van der Waals surface area contributed by atoms with Crippen LogP contribution in [0.4, 0.5) is 13.2 Å². The number of hydrogen-bond donors (Lipinski definition) is 1. The SMILES string of the molecule is CC(=O)SC[C@@H](Cc1ccc(C(F)(F)F)cc1)C(=O)O. The van der Waals surface area contributed by atoms with Gasteiger partial charge in [-0.25, -0.2) is 0 Å². The molecule has 7 heteroatoms. The summed E-state index contributed by atoms with van der Waals surface area (Å²) < 4.78 is 37.2. The molecule has 110 valence electrons. The Hall–Kier alpha value is -1.50. The van der Waals surface area contributed by atoms with Gasteiger partial charge in [0.05, 0.1) is 11.5 Å². The molecule has 0 fully saturated rings. The first-order valence-electron chi connectivity index (χ1n) is 5.72. The maximum Gasteiger partial charge on any atom is 0.416 e. The van der Waals surface area contributed by atoms with Gasteiger partial charge in [0.1, 0.15) is 0 Å². The number of aliphatic carboxylic acids is 1. The Balaban J connectivity index is 2.74. The third-order valence-electron chi connectivity index (χ3n) is 2.60.